The molecule has 0 bridgehead atoms. The standard InChI is InChI=1S/C17H21NO3/c1-3-17(8-9-17)11-18-16(21)14-5-4-12(2)13(10-14)6-7-15(19)20/h4-7,10H,3,8-9,11H2,1-2H3,(H,18,21)(H,19,20)/b7-6+. The predicted octanol–water partition coefficient (Wildman–Crippen LogP) is 3.01. The maximum absolute atomic E-state index is 12.2. The van der Waals surface area contributed by atoms with Crippen LogP contribution < -0.4 is 5.32 Å². The Morgan fingerprint density at radius 2 is 2.10 bits per heavy atom. The third kappa shape index (κ3) is 3.94. The Labute approximate surface area is 124 Å². The van der Waals surface area contributed by atoms with Crippen LogP contribution in [0.1, 0.15) is 47.7 Å². The molecule has 1 amide bonds. The number of amides is 1. The van der Waals surface area contributed by atoms with E-state index in [9.17, 15) is 9.59 Å². The summed E-state index contributed by atoms with van der Waals surface area (Å²) in [6.45, 7) is 4.76. The van der Waals surface area contributed by atoms with Gasteiger partial charge in [0.1, 0.15) is 0 Å². The molecule has 1 saturated carbocycles. The molecule has 21 heavy (non-hydrogen) atoms. The van der Waals surface area contributed by atoms with Crippen LogP contribution in [0.3, 0.4) is 0 Å². The summed E-state index contributed by atoms with van der Waals surface area (Å²) in [5.74, 6) is -1.09. The smallest absolute Gasteiger partial charge is 0.328 e. The number of aliphatic carboxylic acids is 1. The highest BCUT2D eigenvalue weighted by atomic mass is 16.4. The fourth-order valence-corrected chi connectivity index (χ4v) is 2.32. The quantitative estimate of drug-likeness (QED) is 0.790. The summed E-state index contributed by atoms with van der Waals surface area (Å²) in [7, 11) is 0. The van der Waals surface area contributed by atoms with Crippen molar-refractivity contribution in [1.29, 1.82) is 0 Å². The minimum Gasteiger partial charge on any atom is -0.478 e. The number of hydrogen-bond donors (Lipinski definition) is 2. The van der Waals surface area contributed by atoms with Crippen LogP contribution in [0.4, 0.5) is 0 Å². The van der Waals surface area contributed by atoms with E-state index in [-0.39, 0.29) is 5.91 Å². The fourth-order valence-electron chi connectivity index (χ4n) is 2.32. The number of carboxylic acids is 1. The van der Waals surface area contributed by atoms with E-state index in [2.05, 4.69) is 12.2 Å². The van der Waals surface area contributed by atoms with E-state index in [1.807, 2.05) is 13.0 Å². The molecule has 0 radical (unpaired) electrons. The van der Waals surface area contributed by atoms with Crippen LogP contribution in [0, 0.1) is 12.3 Å². The molecular formula is C17H21NO3. The zero-order chi connectivity index (χ0) is 15.5. The van der Waals surface area contributed by atoms with Crippen molar-refractivity contribution in [2.24, 2.45) is 5.41 Å². The van der Waals surface area contributed by atoms with Crippen molar-refractivity contribution in [3.63, 3.8) is 0 Å². The lowest BCUT2D eigenvalue weighted by Gasteiger charge is -2.14. The highest BCUT2D eigenvalue weighted by Gasteiger charge is 2.40. The van der Waals surface area contributed by atoms with Crippen LogP contribution in [0.25, 0.3) is 6.08 Å². The molecule has 0 heterocycles. The van der Waals surface area contributed by atoms with E-state index in [4.69, 9.17) is 5.11 Å². The predicted molar refractivity (Wildman–Crippen MR) is 82.1 cm³/mol. The molecule has 2 N–H and O–H groups in total. The van der Waals surface area contributed by atoms with Crippen molar-refractivity contribution >= 4 is 18.0 Å². The Bertz CT molecular complexity index is 586. The van der Waals surface area contributed by atoms with Crippen LogP contribution in [0.5, 0.6) is 0 Å². The summed E-state index contributed by atoms with van der Waals surface area (Å²) in [5, 5.41) is 11.7. The van der Waals surface area contributed by atoms with Gasteiger partial charge in [0.2, 0.25) is 0 Å². The molecule has 1 fully saturated rings. The summed E-state index contributed by atoms with van der Waals surface area (Å²) in [6.07, 6.45) is 6.06. The van der Waals surface area contributed by atoms with E-state index >= 15 is 0 Å². The van der Waals surface area contributed by atoms with Gasteiger partial charge in [-0.2, -0.15) is 0 Å². The molecule has 112 valence electrons. The Morgan fingerprint density at radius 3 is 2.67 bits per heavy atom. The third-order valence-electron chi connectivity index (χ3n) is 4.28. The maximum Gasteiger partial charge on any atom is 0.328 e. The zero-order valence-corrected chi connectivity index (χ0v) is 12.5. The molecule has 1 aromatic carbocycles. The van der Waals surface area contributed by atoms with Gasteiger partial charge in [-0.1, -0.05) is 13.0 Å². The highest BCUT2D eigenvalue weighted by molar-refractivity contribution is 5.95. The van der Waals surface area contributed by atoms with Crippen molar-refractivity contribution in [2.45, 2.75) is 33.1 Å². The number of carbonyl (C=O) groups is 2. The molecule has 4 nitrogen and oxygen atoms in total. The van der Waals surface area contributed by atoms with E-state index < -0.39 is 5.97 Å². The monoisotopic (exact) mass is 287 g/mol. The Hall–Kier alpha value is -2.10. The normalized spacial score (nSPS) is 15.9. The van der Waals surface area contributed by atoms with Gasteiger partial charge in [0.05, 0.1) is 0 Å². The van der Waals surface area contributed by atoms with Crippen LogP contribution in [-0.2, 0) is 4.79 Å². The lowest BCUT2D eigenvalue weighted by Crippen LogP contribution is -2.30. The first kappa shape index (κ1) is 15.3. The summed E-state index contributed by atoms with van der Waals surface area (Å²) < 4.78 is 0. The zero-order valence-electron chi connectivity index (χ0n) is 12.5. The number of rotatable bonds is 6. The first-order valence-corrected chi connectivity index (χ1v) is 7.26. The minimum atomic E-state index is -0.997. The summed E-state index contributed by atoms with van der Waals surface area (Å²) >= 11 is 0. The Morgan fingerprint density at radius 1 is 1.38 bits per heavy atom. The molecule has 4 heteroatoms. The van der Waals surface area contributed by atoms with Crippen molar-refractivity contribution in [3.05, 3.63) is 41.0 Å². The summed E-state index contributed by atoms with van der Waals surface area (Å²) in [5.41, 5.74) is 2.57. The topological polar surface area (TPSA) is 66.4 Å². The summed E-state index contributed by atoms with van der Waals surface area (Å²) in [4.78, 5) is 22.8. The number of benzene rings is 1. The number of hydrogen-bond acceptors (Lipinski definition) is 2. The van der Waals surface area contributed by atoms with Gasteiger partial charge in [-0.25, -0.2) is 4.79 Å². The van der Waals surface area contributed by atoms with Gasteiger partial charge in [-0.15, -0.1) is 0 Å². The third-order valence-corrected chi connectivity index (χ3v) is 4.28. The van der Waals surface area contributed by atoms with Gasteiger partial charge in [0.25, 0.3) is 5.91 Å². The van der Waals surface area contributed by atoms with Crippen LogP contribution in [0.2, 0.25) is 0 Å². The van der Waals surface area contributed by atoms with E-state index in [1.54, 1.807) is 12.1 Å². The molecule has 0 unspecified atom stereocenters. The van der Waals surface area contributed by atoms with E-state index in [0.29, 0.717) is 11.0 Å². The number of nitrogens with one attached hydrogen (secondary N) is 1. The minimum absolute atomic E-state index is 0.0975. The molecule has 2 rings (SSSR count). The molecule has 0 atom stereocenters. The number of carboxylic acid groups (broad SMARTS) is 1. The van der Waals surface area contributed by atoms with Crippen molar-refractivity contribution in [1.82, 2.24) is 5.32 Å². The Balaban J connectivity index is 2.07. The van der Waals surface area contributed by atoms with Crippen molar-refractivity contribution < 1.29 is 14.7 Å². The lowest BCUT2D eigenvalue weighted by atomic mass is 10.0. The van der Waals surface area contributed by atoms with Crippen LogP contribution in [0.15, 0.2) is 24.3 Å². The van der Waals surface area contributed by atoms with Gasteiger partial charge < -0.3 is 10.4 Å². The SMILES string of the molecule is CCC1(CNC(=O)c2ccc(C)c(/C=C/C(=O)O)c2)CC1. The van der Waals surface area contributed by atoms with Crippen molar-refractivity contribution in [2.75, 3.05) is 6.54 Å². The van der Waals surface area contributed by atoms with Crippen molar-refractivity contribution in [3.8, 4) is 0 Å². The van der Waals surface area contributed by atoms with Crippen LogP contribution >= 0.6 is 0 Å². The first-order valence-electron chi connectivity index (χ1n) is 7.26. The second-order valence-electron chi connectivity index (χ2n) is 5.78. The molecule has 0 saturated heterocycles. The molecular weight excluding hydrogens is 266 g/mol. The van der Waals surface area contributed by atoms with Crippen LogP contribution in [-0.4, -0.2) is 23.5 Å². The van der Waals surface area contributed by atoms with E-state index in [0.717, 1.165) is 30.2 Å². The molecule has 1 aliphatic rings. The van der Waals surface area contributed by atoms with Gasteiger partial charge in [0, 0.05) is 18.2 Å². The average molecular weight is 287 g/mol. The van der Waals surface area contributed by atoms with Gasteiger partial charge in [-0.05, 0) is 60.9 Å². The first-order chi connectivity index (χ1) is 9.96. The van der Waals surface area contributed by atoms with E-state index in [1.165, 1.54) is 18.9 Å². The molecule has 1 aliphatic carbocycles. The Kier molecular flexibility index (Phi) is 4.46. The van der Waals surface area contributed by atoms with Gasteiger partial charge >= 0.3 is 5.97 Å². The largest absolute Gasteiger partial charge is 0.478 e. The number of aryl methyl sites for hydroxylation is 1. The number of carbonyl (C=O) groups excluding carboxylic acids is 1. The second-order valence-corrected chi connectivity index (χ2v) is 5.78. The molecule has 1 aromatic rings. The van der Waals surface area contributed by atoms with Gasteiger partial charge in [-0.3, -0.25) is 4.79 Å². The second kappa shape index (κ2) is 6.12. The molecule has 0 aromatic heterocycles. The highest BCUT2D eigenvalue weighted by Crippen LogP contribution is 2.47. The maximum atomic E-state index is 12.2. The average Bonchev–Trinajstić information content (AvgIpc) is 3.24. The summed E-state index contributed by atoms with van der Waals surface area (Å²) in [6, 6.07) is 5.34. The molecule has 0 aliphatic heterocycles. The molecule has 0 spiro atoms. The lowest BCUT2D eigenvalue weighted by molar-refractivity contribution is -0.131. The fraction of sp³-hybridized carbons (Fsp3) is 0.412. The van der Waals surface area contributed by atoms with Gasteiger partial charge in [0.15, 0.2) is 0 Å².